The standard InChI is InChI=1S/C18H16N2O/c1-13(11-14-7-3-2-4-8-14)12-17-18(21)20-16-10-6-5-9-15(16)19-17/h2-11H,12H2,1H3,(H,20,21)/b13-11+. The smallest absolute Gasteiger partial charge is 0.270 e. The first-order valence-corrected chi connectivity index (χ1v) is 6.92. The molecule has 0 radical (unpaired) electrons. The number of aromatic amines is 1. The largest absolute Gasteiger partial charge is 0.319 e. The van der Waals surface area contributed by atoms with Crippen LogP contribution in [-0.4, -0.2) is 9.97 Å². The third-order valence-corrected chi connectivity index (χ3v) is 3.33. The van der Waals surface area contributed by atoms with Crippen LogP contribution in [0.2, 0.25) is 0 Å². The highest BCUT2D eigenvalue weighted by molar-refractivity contribution is 5.73. The lowest BCUT2D eigenvalue weighted by Crippen LogP contribution is -2.15. The molecule has 3 nitrogen and oxygen atoms in total. The molecule has 0 saturated carbocycles. The third-order valence-electron chi connectivity index (χ3n) is 3.33. The number of aromatic nitrogens is 2. The maximum atomic E-state index is 12.1. The van der Waals surface area contributed by atoms with Crippen LogP contribution in [0.3, 0.4) is 0 Å². The molecule has 0 aliphatic heterocycles. The zero-order valence-electron chi connectivity index (χ0n) is 11.8. The molecule has 1 N–H and O–H groups in total. The number of nitrogens with zero attached hydrogens (tertiary/aromatic N) is 1. The second kappa shape index (κ2) is 5.75. The van der Waals surface area contributed by atoms with Gasteiger partial charge in [-0.25, -0.2) is 4.98 Å². The zero-order valence-corrected chi connectivity index (χ0v) is 11.8. The van der Waals surface area contributed by atoms with Crippen molar-refractivity contribution in [3.8, 4) is 0 Å². The first kappa shape index (κ1) is 13.3. The zero-order chi connectivity index (χ0) is 14.7. The summed E-state index contributed by atoms with van der Waals surface area (Å²) in [5.41, 5.74) is 4.27. The summed E-state index contributed by atoms with van der Waals surface area (Å²) in [6, 6.07) is 17.7. The van der Waals surface area contributed by atoms with E-state index in [0.29, 0.717) is 12.1 Å². The minimum Gasteiger partial charge on any atom is -0.319 e. The van der Waals surface area contributed by atoms with E-state index in [-0.39, 0.29) is 5.56 Å². The van der Waals surface area contributed by atoms with Crippen LogP contribution in [0, 0.1) is 0 Å². The number of hydrogen-bond acceptors (Lipinski definition) is 2. The second-order valence-electron chi connectivity index (χ2n) is 5.11. The minimum absolute atomic E-state index is 0.116. The number of H-pyrrole nitrogens is 1. The molecule has 0 amide bonds. The van der Waals surface area contributed by atoms with Gasteiger partial charge in [-0.2, -0.15) is 0 Å². The number of benzene rings is 2. The van der Waals surface area contributed by atoms with E-state index in [1.165, 1.54) is 0 Å². The Bertz CT molecular complexity index is 848. The summed E-state index contributed by atoms with van der Waals surface area (Å²) in [5, 5.41) is 0. The van der Waals surface area contributed by atoms with Crippen molar-refractivity contribution in [1.29, 1.82) is 0 Å². The van der Waals surface area contributed by atoms with Gasteiger partial charge in [-0.15, -0.1) is 0 Å². The van der Waals surface area contributed by atoms with Gasteiger partial charge in [-0.3, -0.25) is 4.79 Å². The highest BCUT2D eigenvalue weighted by atomic mass is 16.1. The van der Waals surface area contributed by atoms with E-state index in [2.05, 4.69) is 16.0 Å². The minimum atomic E-state index is -0.116. The molecular formula is C18H16N2O. The number of hydrogen-bond donors (Lipinski definition) is 1. The van der Waals surface area contributed by atoms with Crippen LogP contribution in [0.4, 0.5) is 0 Å². The van der Waals surface area contributed by atoms with E-state index in [9.17, 15) is 4.79 Å². The third kappa shape index (κ3) is 3.08. The van der Waals surface area contributed by atoms with E-state index in [1.807, 2.05) is 61.5 Å². The van der Waals surface area contributed by atoms with Crippen molar-refractivity contribution in [2.75, 3.05) is 0 Å². The van der Waals surface area contributed by atoms with E-state index < -0.39 is 0 Å². The second-order valence-corrected chi connectivity index (χ2v) is 5.11. The molecule has 0 fully saturated rings. The van der Waals surface area contributed by atoms with Crippen molar-refractivity contribution in [2.24, 2.45) is 0 Å². The first-order chi connectivity index (χ1) is 10.2. The summed E-state index contributed by atoms with van der Waals surface area (Å²) in [7, 11) is 0. The van der Waals surface area contributed by atoms with Gasteiger partial charge in [0, 0.05) is 6.42 Å². The Balaban J connectivity index is 1.93. The number of fused-ring (bicyclic) bond motifs is 1. The van der Waals surface area contributed by atoms with Gasteiger partial charge in [0.25, 0.3) is 5.56 Å². The lowest BCUT2D eigenvalue weighted by atomic mass is 10.1. The van der Waals surface area contributed by atoms with Crippen LogP contribution < -0.4 is 5.56 Å². The van der Waals surface area contributed by atoms with Crippen molar-refractivity contribution >= 4 is 17.1 Å². The fourth-order valence-electron chi connectivity index (χ4n) is 2.34. The van der Waals surface area contributed by atoms with Gasteiger partial charge in [0.2, 0.25) is 0 Å². The van der Waals surface area contributed by atoms with Crippen molar-refractivity contribution in [2.45, 2.75) is 13.3 Å². The quantitative estimate of drug-likeness (QED) is 0.795. The van der Waals surface area contributed by atoms with Gasteiger partial charge < -0.3 is 4.98 Å². The van der Waals surface area contributed by atoms with Crippen LogP contribution in [0.15, 0.2) is 65.0 Å². The molecule has 3 rings (SSSR count). The van der Waals surface area contributed by atoms with E-state index in [1.54, 1.807) is 0 Å². The van der Waals surface area contributed by atoms with E-state index >= 15 is 0 Å². The Kier molecular flexibility index (Phi) is 3.65. The number of para-hydroxylation sites is 2. The van der Waals surface area contributed by atoms with Crippen molar-refractivity contribution in [1.82, 2.24) is 9.97 Å². The molecule has 0 unspecified atom stereocenters. The van der Waals surface area contributed by atoms with Crippen LogP contribution in [0.25, 0.3) is 17.1 Å². The van der Waals surface area contributed by atoms with Crippen LogP contribution in [-0.2, 0) is 6.42 Å². The molecule has 0 atom stereocenters. The maximum absolute atomic E-state index is 12.1. The first-order valence-electron chi connectivity index (χ1n) is 6.92. The number of rotatable bonds is 3. The average Bonchev–Trinajstić information content (AvgIpc) is 2.49. The normalized spacial score (nSPS) is 11.8. The Morgan fingerprint density at radius 1 is 1.10 bits per heavy atom. The molecule has 3 aromatic rings. The van der Waals surface area contributed by atoms with Crippen molar-refractivity contribution in [3.63, 3.8) is 0 Å². The molecule has 2 aromatic carbocycles. The molecule has 0 saturated heterocycles. The average molecular weight is 276 g/mol. The monoisotopic (exact) mass is 276 g/mol. The lowest BCUT2D eigenvalue weighted by molar-refractivity contribution is 1.01. The summed E-state index contributed by atoms with van der Waals surface area (Å²) in [6.45, 7) is 2.02. The Morgan fingerprint density at radius 2 is 1.81 bits per heavy atom. The Morgan fingerprint density at radius 3 is 2.62 bits per heavy atom. The Labute approximate surface area is 123 Å². The van der Waals surface area contributed by atoms with Gasteiger partial charge >= 0.3 is 0 Å². The molecule has 1 heterocycles. The predicted molar refractivity (Wildman–Crippen MR) is 86.2 cm³/mol. The highest BCUT2D eigenvalue weighted by Gasteiger charge is 2.05. The van der Waals surface area contributed by atoms with Gasteiger partial charge in [0.1, 0.15) is 5.69 Å². The summed E-state index contributed by atoms with van der Waals surface area (Å²) in [4.78, 5) is 19.4. The van der Waals surface area contributed by atoms with Crippen molar-refractivity contribution < 1.29 is 0 Å². The number of nitrogens with one attached hydrogen (secondary N) is 1. The van der Waals surface area contributed by atoms with Gasteiger partial charge in [-0.05, 0) is 24.6 Å². The molecule has 21 heavy (non-hydrogen) atoms. The van der Waals surface area contributed by atoms with Crippen LogP contribution in [0.1, 0.15) is 18.2 Å². The summed E-state index contributed by atoms with van der Waals surface area (Å²) in [5.74, 6) is 0. The summed E-state index contributed by atoms with van der Waals surface area (Å²) >= 11 is 0. The maximum Gasteiger partial charge on any atom is 0.270 e. The molecule has 0 spiro atoms. The van der Waals surface area contributed by atoms with Gasteiger partial charge in [0.15, 0.2) is 0 Å². The fraction of sp³-hybridized carbons (Fsp3) is 0.111. The molecule has 0 aliphatic carbocycles. The molecule has 0 bridgehead atoms. The molecule has 3 heteroatoms. The molecule has 1 aromatic heterocycles. The SMILES string of the molecule is C/C(=C\c1ccccc1)Cc1nc2ccccc2[nH]c1=O. The lowest BCUT2D eigenvalue weighted by Gasteiger charge is -2.03. The van der Waals surface area contributed by atoms with Gasteiger partial charge in [-0.1, -0.05) is 54.1 Å². The van der Waals surface area contributed by atoms with E-state index in [4.69, 9.17) is 0 Å². The Hall–Kier alpha value is -2.68. The van der Waals surface area contributed by atoms with E-state index in [0.717, 1.165) is 22.2 Å². The molecule has 104 valence electrons. The predicted octanol–water partition coefficient (Wildman–Crippen LogP) is 3.57. The summed E-state index contributed by atoms with van der Waals surface area (Å²) in [6.07, 6.45) is 2.63. The summed E-state index contributed by atoms with van der Waals surface area (Å²) < 4.78 is 0. The van der Waals surface area contributed by atoms with Crippen LogP contribution >= 0.6 is 0 Å². The highest BCUT2D eigenvalue weighted by Crippen LogP contribution is 2.11. The fourth-order valence-corrected chi connectivity index (χ4v) is 2.34. The van der Waals surface area contributed by atoms with Crippen LogP contribution in [0.5, 0.6) is 0 Å². The molecule has 0 aliphatic rings. The van der Waals surface area contributed by atoms with Crippen molar-refractivity contribution in [3.05, 3.63) is 81.8 Å². The topological polar surface area (TPSA) is 45.8 Å². The van der Waals surface area contributed by atoms with Gasteiger partial charge in [0.05, 0.1) is 11.0 Å². The molecular weight excluding hydrogens is 260 g/mol. The number of allylic oxidation sites excluding steroid dienone is 1.